The number of amides is 2. The minimum Gasteiger partial charge on any atom is -0.486 e. The highest BCUT2D eigenvalue weighted by Crippen LogP contribution is 2.32. The molecule has 0 bridgehead atoms. The molecule has 73 valence electrons. The van der Waals surface area contributed by atoms with E-state index in [-0.39, 0.29) is 0 Å². The fourth-order valence-electron chi connectivity index (χ4n) is 1.25. The number of ether oxygens (including phenoxy) is 2. The van der Waals surface area contributed by atoms with Gasteiger partial charge in [-0.05, 0) is 12.1 Å². The van der Waals surface area contributed by atoms with Crippen LogP contribution in [0.15, 0.2) is 18.2 Å². The normalized spacial score (nSPS) is 13.4. The number of benzene rings is 1. The molecule has 5 heteroatoms. The van der Waals surface area contributed by atoms with Gasteiger partial charge in [0.05, 0.1) is 0 Å². The summed E-state index contributed by atoms with van der Waals surface area (Å²) >= 11 is 0. The van der Waals surface area contributed by atoms with Crippen molar-refractivity contribution in [2.24, 2.45) is 0 Å². The van der Waals surface area contributed by atoms with Gasteiger partial charge < -0.3 is 14.8 Å². The third kappa shape index (κ3) is 1.71. The Kier molecular flexibility index (Phi) is 2.14. The molecule has 0 atom stereocenters. The Morgan fingerprint density at radius 2 is 2.00 bits per heavy atom. The Bertz CT molecular complexity index is 365. The molecular formula is C9H9N2O3. The van der Waals surface area contributed by atoms with E-state index in [1.165, 1.54) is 0 Å². The monoisotopic (exact) mass is 193 g/mol. The number of fused-ring (bicyclic) bond motifs is 1. The van der Waals surface area contributed by atoms with E-state index in [1.54, 1.807) is 18.2 Å². The average molecular weight is 193 g/mol. The summed E-state index contributed by atoms with van der Waals surface area (Å²) in [5, 5.41) is 2.35. The molecule has 1 heterocycles. The standard InChI is InChI=1S/C9H9N2O3/c10-9(12)11-6-1-2-7-8(5-6)14-4-3-13-7/h1-2,5,10H,3-4H2,(H,11,12). The van der Waals surface area contributed by atoms with Crippen LogP contribution in [0, 0.1) is 0 Å². The summed E-state index contributed by atoms with van der Waals surface area (Å²) in [7, 11) is 0. The number of hydrogen-bond acceptors (Lipinski definition) is 3. The van der Waals surface area contributed by atoms with Crippen LogP contribution in [0.1, 0.15) is 0 Å². The van der Waals surface area contributed by atoms with Gasteiger partial charge in [-0.1, -0.05) is 0 Å². The topological polar surface area (TPSA) is 71.4 Å². The predicted molar refractivity (Wildman–Crippen MR) is 49.5 cm³/mol. The molecule has 0 saturated carbocycles. The van der Waals surface area contributed by atoms with Gasteiger partial charge in [0.1, 0.15) is 13.2 Å². The molecule has 2 amide bonds. The molecule has 1 aliphatic rings. The summed E-state index contributed by atoms with van der Waals surface area (Å²) in [5.74, 6) is 1.27. The average Bonchev–Trinajstić information content (AvgIpc) is 2.17. The van der Waals surface area contributed by atoms with Crippen LogP contribution in [0.4, 0.5) is 10.5 Å². The number of carbonyl (C=O) groups excluding carboxylic acids is 1. The third-order valence-corrected chi connectivity index (χ3v) is 1.80. The number of rotatable bonds is 1. The first-order valence-corrected chi connectivity index (χ1v) is 4.18. The van der Waals surface area contributed by atoms with E-state index in [2.05, 4.69) is 5.32 Å². The maximum Gasteiger partial charge on any atom is 0.337 e. The highest BCUT2D eigenvalue weighted by atomic mass is 16.6. The van der Waals surface area contributed by atoms with Crippen LogP contribution in [0.3, 0.4) is 0 Å². The predicted octanol–water partition coefficient (Wildman–Crippen LogP) is 1.27. The fraction of sp³-hybridized carbons (Fsp3) is 0.222. The van der Waals surface area contributed by atoms with Crippen molar-refractivity contribution in [3.8, 4) is 11.5 Å². The second-order valence-corrected chi connectivity index (χ2v) is 2.81. The molecule has 0 spiro atoms. The van der Waals surface area contributed by atoms with Crippen LogP contribution in [0.25, 0.3) is 0 Å². The van der Waals surface area contributed by atoms with E-state index in [0.29, 0.717) is 30.4 Å². The van der Waals surface area contributed by atoms with Gasteiger partial charge in [0.2, 0.25) is 0 Å². The highest BCUT2D eigenvalue weighted by Gasteiger charge is 2.11. The Labute approximate surface area is 80.8 Å². The molecule has 0 unspecified atom stereocenters. The van der Waals surface area contributed by atoms with Crippen molar-refractivity contribution >= 4 is 11.7 Å². The lowest BCUT2D eigenvalue weighted by molar-refractivity contribution is 0.171. The molecule has 14 heavy (non-hydrogen) atoms. The van der Waals surface area contributed by atoms with Crippen molar-refractivity contribution < 1.29 is 14.3 Å². The van der Waals surface area contributed by atoms with E-state index >= 15 is 0 Å². The van der Waals surface area contributed by atoms with Crippen LogP contribution in [0.2, 0.25) is 0 Å². The molecular weight excluding hydrogens is 184 g/mol. The molecule has 5 nitrogen and oxygen atoms in total. The van der Waals surface area contributed by atoms with Crippen LogP contribution in [-0.4, -0.2) is 19.2 Å². The van der Waals surface area contributed by atoms with Crippen molar-refractivity contribution in [1.29, 1.82) is 0 Å². The van der Waals surface area contributed by atoms with Crippen molar-refractivity contribution in [1.82, 2.24) is 5.73 Å². The maximum absolute atomic E-state index is 10.5. The Balaban J connectivity index is 2.24. The van der Waals surface area contributed by atoms with Gasteiger partial charge in [-0.2, -0.15) is 0 Å². The molecule has 1 aromatic rings. The van der Waals surface area contributed by atoms with Gasteiger partial charge in [0.15, 0.2) is 11.5 Å². The fourth-order valence-corrected chi connectivity index (χ4v) is 1.25. The van der Waals surface area contributed by atoms with Crippen molar-refractivity contribution in [2.75, 3.05) is 18.5 Å². The van der Waals surface area contributed by atoms with E-state index in [1.807, 2.05) is 0 Å². The lowest BCUT2D eigenvalue weighted by atomic mass is 10.2. The first-order valence-electron chi connectivity index (χ1n) is 4.18. The zero-order valence-electron chi connectivity index (χ0n) is 7.37. The summed E-state index contributed by atoms with van der Waals surface area (Å²) in [6, 6.07) is 4.17. The van der Waals surface area contributed by atoms with Gasteiger partial charge in [-0.3, -0.25) is 0 Å². The molecule has 2 rings (SSSR count). The highest BCUT2D eigenvalue weighted by molar-refractivity contribution is 5.87. The second-order valence-electron chi connectivity index (χ2n) is 2.81. The number of nitrogens with one attached hydrogen (secondary N) is 2. The molecule has 1 aromatic carbocycles. The summed E-state index contributed by atoms with van der Waals surface area (Å²) in [6.07, 6.45) is 0. The lowest BCUT2D eigenvalue weighted by Crippen LogP contribution is -2.16. The van der Waals surface area contributed by atoms with Gasteiger partial charge in [-0.25, -0.2) is 10.5 Å². The number of urea groups is 1. The molecule has 0 fully saturated rings. The van der Waals surface area contributed by atoms with Gasteiger partial charge >= 0.3 is 6.03 Å². The lowest BCUT2D eigenvalue weighted by Gasteiger charge is -2.18. The first kappa shape index (κ1) is 8.68. The van der Waals surface area contributed by atoms with Crippen LogP contribution < -0.4 is 20.5 Å². The largest absolute Gasteiger partial charge is 0.486 e. The van der Waals surface area contributed by atoms with Crippen LogP contribution in [-0.2, 0) is 0 Å². The minimum atomic E-state index is -0.846. The van der Waals surface area contributed by atoms with E-state index in [4.69, 9.17) is 15.2 Å². The Morgan fingerprint density at radius 1 is 1.29 bits per heavy atom. The molecule has 0 aromatic heterocycles. The van der Waals surface area contributed by atoms with E-state index < -0.39 is 6.03 Å². The summed E-state index contributed by atoms with van der Waals surface area (Å²) in [6.45, 7) is 1.04. The first-order chi connectivity index (χ1) is 6.75. The van der Waals surface area contributed by atoms with Crippen molar-refractivity contribution in [3.05, 3.63) is 18.2 Å². The minimum absolute atomic E-state index is 0.505. The van der Waals surface area contributed by atoms with Crippen molar-refractivity contribution in [2.45, 2.75) is 0 Å². The summed E-state index contributed by atoms with van der Waals surface area (Å²) < 4.78 is 10.6. The Hall–Kier alpha value is -1.91. The third-order valence-electron chi connectivity index (χ3n) is 1.80. The van der Waals surface area contributed by atoms with Gasteiger partial charge in [0.25, 0.3) is 0 Å². The number of anilines is 1. The van der Waals surface area contributed by atoms with Crippen molar-refractivity contribution in [3.63, 3.8) is 0 Å². The smallest absolute Gasteiger partial charge is 0.337 e. The Morgan fingerprint density at radius 3 is 2.71 bits per heavy atom. The molecule has 0 aliphatic carbocycles. The van der Waals surface area contributed by atoms with Crippen LogP contribution in [0.5, 0.6) is 11.5 Å². The van der Waals surface area contributed by atoms with Crippen LogP contribution >= 0.6 is 0 Å². The zero-order chi connectivity index (χ0) is 9.97. The second kappa shape index (κ2) is 3.45. The van der Waals surface area contributed by atoms with Gasteiger partial charge in [-0.15, -0.1) is 0 Å². The summed E-state index contributed by atoms with van der Waals surface area (Å²) in [4.78, 5) is 10.5. The quantitative estimate of drug-likeness (QED) is 0.730. The van der Waals surface area contributed by atoms with Gasteiger partial charge in [0, 0.05) is 11.8 Å². The number of hydrogen-bond donors (Lipinski definition) is 1. The molecule has 2 N–H and O–H groups in total. The van der Waals surface area contributed by atoms with E-state index in [9.17, 15) is 4.79 Å². The maximum atomic E-state index is 10.5. The number of carbonyl (C=O) groups is 1. The molecule has 1 radical (unpaired) electrons. The summed E-state index contributed by atoms with van der Waals surface area (Å²) in [5.41, 5.74) is 7.27. The molecule has 1 aliphatic heterocycles. The van der Waals surface area contributed by atoms with E-state index in [0.717, 1.165) is 0 Å². The zero-order valence-corrected chi connectivity index (χ0v) is 7.37. The SMILES string of the molecule is [NH]C(=O)Nc1ccc2c(c1)OCCO2. The molecule has 0 saturated heterocycles.